The molecule has 1 aromatic carbocycles. The topological polar surface area (TPSA) is 42.0 Å². The van der Waals surface area contributed by atoms with Gasteiger partial charge in [0.15, 0.2) is 0 Å². The molecule has 0 bridgehead atoms. The first-order valence-corrected chi connectivity index (χ1v) is 6.42. The largest absolute Gasteiger partial charge is 0.307 e. The fourth-order valence-electron chi connectivity index (χ4n) is 1.26. The van der Waals surface area contributed by atoms with Crippen LogP contribution in [0.5, 0.6) is 0 Å². The van der Waals surface area contributed by atoms with Gasteiger partial charge in [-0.25, -0.2) is 4.98 Å². The lowest BCUT2D eigenvalue weighted by Crippen LogP contribution is -2.12. The Morgan fingerprint density at radius 1 is 1.06 bits per heavy atom. The molecule has 1 heterocycles. The molecular weight excluding hydrogens is 348 g/mol. The second-order valence-electron chi connectivity index (χ2n) is 3.32. The van der Waals surface area contributed by atoms with Gasteiger partial charge in [-0.05, 0) is 36.4 Å². The first kappa shape index (κ1) is 12.3. The number of carbonyl (C=O) groups is 1. The van der Waals surface area contributed by atoms with Crippen LogP contribution in [0.3, 0.4) is 0 Å². The highest BCUT2D eigenvalue weighted by molar-refractivity contribution is 9.10. The maximum absolute atomic E-state index is 11.9. The van der Waals surface area contributed by atoms with Gasteiger partial charge in [0.25, 0.3) is 5.91 Å². The van der Waals surface area contributed by atoms with E-state index in [1.807, 2.05) is 12.1 Å². The van der Waals surface area contributed by atoms with E-state index in [1.165, 1.54) is 0 Å². The number of halogens is 2. The molecule has 0 radical (unpaired) electrons. The summed E-state index contributed by atoms with van der Waals surface area (Å²) in [4.78, 5) is 15.9. The molecule has 0 aliphatic heterocycles. The first-order chi connectivity index (χ1) is 8.15. The molecule has 0 atom stereocenters. The summed E-state index contributed by atoms with van der Waals surface area (Å²) in [6.07, 6.45) is 1.63. The Balaban J connectivity index is 2.14. The molecule has 3 nitrogen and oxygen atoms in total. The van der Waals surface area contributed by atoms with Crippen LogP contribution in [0.25, 0.3) is 0 Å². The van der Waals surface area contributed by atoms with Gasteiger partial charge >= 0.3 is 0 Å². The van der Waals surface area contributed by atoms with Gasteiger partial charge in [-0.15, -0.1) is 0 Å². The number of hydrogen-bond acceptors (Lipinski definition) is 2. The minimum Gasteiger partial charge on any atom is -0.307 e. The SMILES string of the molecule is O=C(Nc1cc(Br)ccn1)c1ccc(Br)cc1. The highest BCUT2D eigenvalue weighted by Crippen LogP contribution is 2.15. The van der Waals surface area contributed by atoms with Gasteiger partial charge in [-0.3, -0.25) is 4.79 Å². The van der Waals surface area contributed by atoms with Gasteiger partial charge in [0, 0.05) is 20.7 Å². The predicted octanol–water partition coefficient (Wildman–Crippen LogP) is 3.86. The Morgan fingerprint density at radius 3 is 2.41 bits per heavy atom. The lowest BCUT2D eigenvalue weighted by molar-refractivity contribution is 0.102. The van der Waals surface area contributed by atoms with Crippen LogP contribution in [0.15, 0.2) is 51.5 Å². The molecule has 0 fully saturated rings. The third-order valence-corrected chi connectivity index (χ3v) is 3.09. The quantitative estimate of drug-likeness (QED) is 0.888. The Morgan fingerprint density at radius 2 is 1.76 bits per heavy atom. The number of amides is 1. The van der Waals surface area contributed by atoms with Crippen LogP contribution in [0.1, 0.15) is 10.4 Å². The van der Waals surface area contributed by atoms with Crippen LogP contribution in [0.4, 0.5) is 5.82 Å². The fourth-order valence-corrected chi connectivity index (χ4v) is 1.86. The van der Waals surface area contributed by atoms with Crippen molar-refractivity contribution in [2.24, 2.45) is 0 Å². The molecule has 86 valence electrons. The van der Waals surface area contributed by atoms with Crippen molar-refractivity contribution in [3.63, 3.8) is 0 Å². The molecule has 2 rings (SSSR count). The van der Waals surface area contributed by atoms with Crippen molar-refractivity contribution in [2.45, 2.75) is 0 Å². The van der Waals surface area contributed by atoms with E-state index in [0.717, 1.165) is 8.95 Å². The molecule has 0 unspecified atom stereocenters. The second kappa shape index (κ2) is 5.42. The second-order valence-corrected chi connectivity index (χ2v) is 5.15. The molecule has 5 heteroatoms. The zero-order valence-electron chi connectivity index (χ0n) is 8.65. The van der Waals surface area contributed by atoms with Crippen molar-refractivity contribution in [1.82, 2.24) is 4.98 Å². The zero-order chi connectivity index (χ0) is 12.3. The maximum atomic E-state index is 11.9. The number of carbonyl (C=O) groups excluding carboxylic acids is 1. The summed E-state index contributed by atoms with van der Waals surface area (Å²) in [6, 6.07) is 10.7. The molecule has 0 spiro atoms. The van der Waals surface area contributed by atoms with E-state index in [2.05, 4.69) is 42.2 Å². The van der Waals surface area contributed by atoms with Gasteiger partial charge in [-0.1, -0.05) is 31.9 Å². The summed E-state index contributed by atoms with van der Waals surface area (Å²) in [5, 5.41) is 2.72. The lowest BCUT2D eigenvalue weighted by Gasteiger charge is -2.04. The van der Waals surface area contributed by atoms with Crippen LogP contribution in [-0.2, 0) is 0 Å². The van der Waals surface area contributed by atoms with Crippen molar-refractivity contribution in [3.05, 3.63) is 57.1 Å². The standard InChI is InChI=1S/C12H8Br2N2O/c13-9-3-1-8(2-4-9)12(17)16-11-7-10(14)5-6-15-11/h1-7H,(H,15,16,17). The monoisotopic (exact) mass is 354 g/mol. The molecule has 1 aromatic heterocycles. The van der Waals surface area contributed by atoms with E-state index in [4.69, 9.17) is 0 Å². The third kappa shape index (κ3) is 3.38. The number of rotatable bonds is 2. The summed E-state index contributed by atoms with van der Waals surface area (Å²) in [5.74, 6) is 0.343. The summed E-state index contributed by atoms with van der Waals surface area (Å²) in [7, 11) is 0. The highest BCUT2D eigenvalue weighted by Gasteiger charge is 2.06. The Kier molecular flexibility index (Phi) is 3.91. The molecule has 1 amide bonds. The average molecular weight is 356 g/mol. The Bertz CT molecular complexity index is 540. The summed E-state index contributed by atoms with van der Waals surface area (Å²) >= 11 is 6.64. The summed E-state index contributed by atoms with van der Waals surface area (Å²) in [5.41, 5.74) is 0.593. The van der Waals surface area contributed by atoms with E-state index in [0.29, 0.717) is 11.4 Å². The van der Waals surface area contributed by atoms with Gasteiger partial charge in [0.05, 0.1) is 0 Å². The summed E-state index contributed by atoms with van der Waals surface area (Å²) < 4.78 is 1.81. The highest BCUT2D eigenvalue weighted by atomic mass is 79.9. The molecule has 0 aliphatic carbocycles. The molecule has 1 N–H and O–H groups in total. The van der Waals surface area contributed by atoms with Crippen molar-refractivity contribution in [3.8, 4) is 0 Å². The minimum absolute atomic E-state index is 0.178. The van der Waals surface area contributed by atoms with Crippen LogP contribution >= 0.6 is 31.9 Å². The normalized spacial score (nSPS) is 10.0. The lowest BCUT2D eigenvalue weighted by atomic mass is 10.2. The predicted molar refractivity (Wildman–Crippen MR) is 74.0 cm³/mol. The number of pyridine rings is 1. The smallest absolute Gasteiger partial charge is 0.256 e. The third-order valence-electron chi connectivity index (χ3n) is 2.07. The molecule has 0 aliphatic rings. The van der Waals surface area contributed by atoms with Gasteiger partial charge < -0.3 is 5.32 Å². The van der Waals surface area contributed by atoms with Gasteiger partial charge in [0.2, 0.25) is 0 Å². The van der Waals surface area contributed by atoms with Crippen LogP contribution in [-0.4, -0.2) is 10.9 Å². The first-order valence-electron chi connectivity index (χ1n) is 4.83. The molecular formula is C12H8Br2N2O. The van der Waals surface area contributed by atoms with Gasteiger partial charge in [0.1, 0.15) is 5.82 Å². The van der Waals surface area contributed by atoms with E-state index in [9.17, 15) is 4.79 Å². The number of anilines is 1. The van der Waals surface area contributed by atoms with E-state index in [-0.39, 0.29) is 5.91 Å². The average Bonchev–Trinajstić information content (AvgIpc) is 2.29. The zero-order valence-corrected chi connectivity index (χ0v) is 11.8. The van der Waals surface area contributed by atoms with Gasteiger partial charge in [-0.2, -0.15) is 0 Å². The van der Waals surface area contributed by atoms with Crippen molar-refractivity contribution < 1.29 is 4.79 Å². The number of aromatic nitrogens is 1. The molecule has 17 heavy (non-hydrogen) atoms. The minimum atomic E-state index is -0.178. The van der Waals surface area contributed by atoms with Crippen molar-refractivity contribution in [1.29, 1.82) is 0 Å². The number of nitrogens with zero attached hydrogens (tertiary/aromatic N) is 1. The van der Waals surface area contributed by atoms with E-state index < -0.39 is 0 Å². The number of benzene rings is 1. The molecule has 2 aromatic rings. The molecule has 0 saturated heterocycles. The maximum Gasteiger partial charge on any atom is 0.256 e. The molecule has 0 saturated carbocycles. The van der Waals surface area contributed by atoms with Crippen molar-refractivity contribution in [2.75, 3.05) is 5.32 Å². The fraction of sp³-hybridized carbons (Fsp3) is 0. The Hall–Kier alpha value is -1.20. The van der Waals surface area contributed by atoms with Crippen molar-refractivity contribution >= 4 is 43.6 Å². The Labute approximate surface area is 116 Å². The van der Waals surface area contributed by atoms with Crippen LogP contribution in [0.2, 0.25) is 0 Å². The van der Waals surface area contributed by atoms with E-state index >= 15 is 0 Å². The van der Waals surface area contributed by atoms with Crippen LogP contribution < -0.4 is 5.32 Å². The number of hydrogen-bond donors (Lipinski definition) is 1. The summed E-state index contributed by atoms with van der Waals surface area (Å²) in [6.45, 7) is 0. The van der Waals surface area contributed by atoms with Crippen LogP contribution in [0, 0.1) is 0 Å². The van der Waals surface area contributed by atoms with E-state index in [1.54, 1.807) is 30.5 Å². The number of nitrogens with one attached hydrogen (secondary N) is 1.